The van der Waals surface area contributed by atoms with Crippen molar-refractivity contribution in [2.45, 2.75) is 6.18 Å². The first-order chi connectivity index (χ1) is 24.4. The maximum absolute atomic E-state index is 14.7. The number of benzene rings is 5. The molecule has 0 atom stereocenters. The van der Waals surface area contributed by atoms with Gasteiger partial charge in [0.2, 0.25) is 5.82 Å². The van der Waals surface area contributed by atoms with Gasteiger partial charge in [-0.2, -0.15) is 25.3 Å². The minimum atomic E-state index is -4.70. The third-order valence-electron chi connectivity index (χ3n) is 9.17. The first-order valence-electron chi connectivity index (χ1n) is 15.9. The van der Waals surface area contributed by atoms with E-state index in [1.54, 1.807) is 41.1 Å². The van der Waals surface area contributed by atoms with E-state index in [0.29, 0.717) is 39.5 Å². The second-order valence-corrected chi connectivity index (χ2v) is 12.0. The van der Waals surface area contributed by atoms with Gasteiger partial charge in [-0.1, -0.05) is 77.9 Å². The molecule has 0 saturated carbocycles. The predicted octanol–water partition coefficient (Wildman–Crippen LogP) is 10.4. The van der Waals surface area contributed by atoms with E-state index in [1.807, 2.05) is 95.7 Å². The molecule has 10 rings (SSSR count). The van der Waals surface area contributed by atoms with Crippen LogP contribution in [0.5, 0.6) is 11.5 Å². The van der Waals surface area contributed by atoms with Gasteiger partial charge in [0.1, 0.15) is 11.3 Å². The van der Waals surface area contributed by atoms with Crippen molar-refractivity contribution in [3.8, 4) is 50.9 Å². The van der Waals surface area contributed by atoms with Gasteiger partial charge in [-0.05, 0) is 40.8 Å². The summed E-state index contributed by atoms with van der Waals surface area (Å²) in [4.78, 5) is 8.83. The van der Waals surface area contributed by atoms with Crippen molar-refractivity contribution in [2.24, 2.45) is 0 Å². The average molecular weight is 853 g/mol. The molecule has 51 heavy (non-hydrogen) atoms. The van der Waals surface area contributed by atoms with Crippen LogP contribution in [-0.2, 0) is 27.2 Å². The van der Waals surface area contributed by atoms with Gasteiger partial charge in [0, 0.05) is 40.5 Å². The number of halogens is 3. The number of hydrogen-bond donors (Lipinski definition) is 0. The number of para-hydroxylation sites is 2. The number of alkyl halides is 3. The van der Waals surface area contributed by atoms with Gasteiger partial charge in [0.25, 0.3) is 0 Å². The molecule has 0 radical (unpaired) electrons. The summed E-state index contributed by atoms with van der Waals surface area (Å²) in [6.07, 6.45) is -1.12. The summed E-state index contributed by atoms with van der Waals surface area (Å²) in [6, 6.07) is 44.5. The van der Waals surface area contributed by atoms with Crippen LogP contribution in [0.25, 0.3) is 72.4 Å². The average Bonchev–Trinajstić information content (AvgIpc) is 3.79. The summed E-state index contributed by atoms with van der Waals surface area (Å²) in [5.41, 5.74) is 6.22. The Kier molecular flexibility index (Phi) is 7.05. The number of ether oxygens (including phenoxy) is 1. The summed E-state index contributed by atoms with van der Waals surface area (Å²) in [6.45, 7) is 0. The Hall–Kier alpha value is -5.92. The van der Waals surface area contributed by atoms with Crippen molar-refractivity contribution in [1.82, 2.24) is 23.7 Å². The van der Waals surface area contributed by atoms with Crippen LogP contribution in [0.2, 0.25) is 0 Å². The van der Waals surface area contributed by atoms with E-state index in [9.17, 15) is 13.2 Å². The number of nitrogens with zero attached hydrogens (tertiary/aromatic N) is 5. The molecule has 0 bridgehead atoms. The fourth-order valence-corrected chi connectivity index (χ4v) is 7.14. The first kappa shape index (κ1) is 31.1. The molecule has 9 aromatic rings. The number of aromatic nitrogens is 5. The van der Waals surface area contributed by atoms with Crippen molar-refractivity contribution < 1.29 is 39.0 Å². The zero-order valence-corrected chi connectivity index (χ0v) is 28.6. The molecule has 248 valence electrons. The quantitative estimate of drug-likeness (QED) is 0.166. The zero-order valence-electron chi connectivity index (χ0n) is 26.3. The molecule has 0 spiro atoms. The minimum Gasteiger partial charge on any atom is -0.509 e. The fourth-order valence-electron chi connectivity index (χ4n) is 7.14. The Balaban J connectivity index is 0.00000348. The van der Waals surface area contributed by atoms with Crippen molar-refractivity contribution in [2.75, 3.05) is 0 Å². The third kappa shape index (κ3) is 4.76. The molecule has 5 aromatic carbocycles. The Morgan fingerprint density at radius 3 is 2.16 bits per heavy atom. The van der Waals surface area contributed by atoms with Crippen LogP contribution in [0, 0.1) is 12.1 Å². The molecule has 1 aliphatic heterocycles. The summed E-state index contributed by atoms with van der Waals surface area (Å²) < 4.78 is 55.3. The van der Waals surface area contributed by atoms with Crippen molar-refractivity contribution in [3.05, 3.63) is 152 Å². The molecule has 0 unspecified atom stereocenters. The van der Waals surface area contributed by atoms with E-state index in [1.165, 1.54) is 4.57 Å². The molecule has 0 amide bonds. The molecule has 4 aromatic heterocycles. The number of rotatable bonds is 4. The molecule has 5 heterocycles. The molecule has 10 heteroatoms. The summed E-state index contributed by atoms with van der Waals surface area (Å²) in [7, 11) is 0. The third-order valence-corrected chi connectivity index (χ3v) is 9.17. The second-order valence-electron chi connectivity index (χ2n) is 12.0. The SMILES string of the molecule is FC(F)(F)c1nc2c3c(cn2-c2[c-]c(Oc4[c-]c5c(cc4)c4ccccc4n5-c4ccccn4)ccc2)-c2ccccc2-c2ccccc2-n13.[Pt+2]. The normalized spacial score (nSPS) is 12.1. The van der Waals surface area contributed by atoms with Crippen LogP contribution in [0.1, 0.15) is 5.82 Å². The van der Waals surface area contributed by atoms with Gasteiger partial charge in [0.15, 0.2) is 5.65 Å². The van der Waals surface area contributed by atoms with Crippen LogP contribution in [-0.4, -0.2) is 23.7 Å². The van der Waals surface area contributed by atoms with Crippen LogP contribution in [0.3, 0.4) is 0 Å². The van der Waals surface area contributed by atoms with E-state index in [2.05, 4.69) is 28.2 Å². The van der Waals surface area contributed by atoms with E-state index in [-0.39, 0.29) is 26.7 Å². The van der Waals surface area contributed by atoms with Gasteiger partial charge in [-0.15, -0.1) is 35.7 Å². The number of hydrogen-bond acceptors (Lipinski definition) is 3. The number of imidazole rings is 1. The molecular weight excluding hydrogens is 831 g/mol. The van der Waals surface area contributed by atoms with Gasteiger partial charge in [-0.3, -0.25) is 4.57 Å². The maximum Gasteiger partial charge on any atom is 2.00 e. The van der Waals surface area contributed by atoms with E-state index in [0.717, 1.165) is 38.8 Å². The first-order valence-corrected chi connectivity index (χ1v) is 15.9. The minimum absolute atomic E-state index is 0. The van der Waals surface area contributed by atoms with Gasteiger partial charge in [-0.25, -0.2) is 9.97 Å². The van der Waals surface area contributed by atoms with Gasteiger partial charge >= 0.3 is 27.2 Å². The smallest absolute Gasteiger partial charge is 0.509 e. The van der Waals surface area contributed by atoms with Gasteiger partial charge in [0.05, 0.1) is 5.69 Å². The fraction of sp³-hybridized carbons (Fsp3) is 0.0244. The van der Waals surface area contributed by atoms with Crippen LogP contribution < -0.4 is 4.74 Å². The van der Waals surface area contributed by atoms with E-state index < -0.39 is 12.0 Å². The molecule has 0 N–H and O–H groups in total. The van der Waals surface area contributed by atoms with Crippen molar-refractivity contribution >= 4 is 33.0 Å². The summed E-state index contributed by atoms with van der Waals surface area (Å²) >= 11 is 0. The van der Waals surface area contributed by atoms with E-state index >= 15 is 0 Å². The molecule has 0 saturated heterocycles. The zero-order chi connectivity index (χ0) is 33.6. The molecule has 1 aliphatic rings. The topological polar surface area (TPSA) is 49.8 Å². The van der Waals surface area contributed by atoms with Crippen LogP contribution in [0.4, 0.5) is 13.2 Å². The number of pyridine rings is 1. The van der Waals surface area contributed by atoms with Crippen LogP contribution >= 0.6 is 0 Å². The molecule has 0 fully saturated rings. The standard InChI is InChI=1S/C41H22F3N5O.Pt/c42-41(43,44)40-46-39-38-33(29-13-2-1-12-28(29)30-14-3-6-17-35(30)49(38)40)24-47(39)25-10-9-11-26(22-25)50-27-19-20-32-31-15-4-5-16-34(31)48(36(32)23-27)37-18-7-8-21-45-37;/h1-21,24H;/q-2;+2. The number of fused-ring (bicyclic) bond motifs is 8. The largest absolute Gasteiger partial charge is 2.00 e. The van der Waals surface area contributed by atoms with Gasteiger partial charge < -0.3 is 13.9 Å². The van der Waals surface area contributed by atoms with Crippen LogP contribution in [0.15, 0.2) is 134 Å². The Morgan fingerprint density at radius 1 is 0.627 bits per heavy atom. The molecular formula is C41H22F3N5OPt. The maximum atomic E-state index is 14.7. The molecule has 0 aliphatic carbocycles. The Bertz CT molecular complexity index is 2800. The Morgan fingerprint density at radius 2 is 1.35 bits per heavy atom. The summed E-state index contributed by atoms with van der Waals surface area (Å²) in [5.74, 6) is 0.586. The predicted molar refractivity (Wildman–Crippen MR) is 186 cm³/mol. The monoisotopic (exact) mass is 852 g/mol. The van der Waals surface area contributed by atoms with Crippen molar-refractivity contribution in [3.63, 3.8) is 0 Å². The molecule has 6 nitrogen and oxygen atoms in total. The van der Waals surface area contributed by atoms with Crippen molar-refractivity contribution in [1.29, 1.82) is 0 Å². The van der Waals surface area contributed by atoms with E-state index in [4.69, 9.17) is 4.74 Å². The Labute approximate surface area is 303 Å². The second kappa shape index (κ2) is 11.6. The summed E-state index contributed by atoms with van der Waals surface area (Å²) in [5, 5.41) is 2.06.